The number of amides is 1. The van der Waals surface area contributed by atoms with Gasteiger partial charge in [-0.25, -0.2) is 4.39 Å². The average Bonchev–Trinajstić information content (AvgIpc) is 2.87. The number of benzene rings is 1. The molecule has 0 bridgehead atoms. The molecule has 118 valence electrons. The van der Waals surface area contributed by atoms with Crippen molar-refractivity contribution in [3.05, 3.63) is 34.5 Å². The van der Waals surface area contributed by atoms with Gasteiger partial charge in [-0.1, -0.05) is 6.07 Å². The summed E-state index contributed by atoms with van der Waals surface area (Å²) >= 11 is 1.37. The molecule has 1 fully saturated rings. The van der Waals surface area contributed by atoms with Crippen molar-refractivity contribution in [2.24, 2.45) is 5.92 Å². The topological polar surface area (TPSA) is 41.1 Å². The van der Waals surface area contributed by atoms with Crippen LogP contribution in [0.15, 0.2) is 18.2 Å². The number of hydrogen-bond acceptors (Lipinski definition) is 3. The third-order valence-corrected chi connectivity index (χ3v) is 5.60. The molecule has 1 aromatic heterocycles. The van der Waals surface area contributed by atoms with Gasteiger partial charge in [0.25, 0.3) is 5.91 Å². The van der Waals surface area contributed by atoms with Crippen molar-refractivity contribution < 1.29 is 9.18 Å². The number of aryl methyl sites for hydroxylation is 1. The third-order valence-electron chi connectivity index (χ3n) is 4.35. The van der Waals surface area contributed by atoms with E-state index in [1.54, 1.807) is 6.07 Å². The van der Waals surface area contributed by atoms with Crippen LogP contribution in [0.25, 0.3) is 10.1 Å². The Hall–Kier alpha value is -1.46. The third kappa shape index (κ3) is 3.15. The molecule has 22 heavy (non-hydrogen) atoms. The van der Waals surface area contributed by atoms with E-state index in [-0.39, 0.29) is 11.7 Å². The lowest BCUT2D eigenvalue weighted by Gasteiger charge is -2.22. The molecule has 3 rings (SSSR count). The van der Waals surface area contributed by atoms with Gasteiger partial charge in [-0.3, -0.25) is 4.79 Å². The highest BCUT2D eigenvalue weighted by molar-refractivity contribution is 7.21. The quantitative estimate of drug-likeness (QED) is 0.906. The average molecular weight is 320 g/mol. The summed E-state index contributed by atoms with van der Waals surface area (Å²) < 4.78 is 14.7. The van der Waals surface area contributed by atoms with Gasteiger partial charge >= 0.3 is 0 Å². The normalized spacial score (nSPS) is 18.5. The summed E-state index contributed by atoms with van der Waals surface area (Å²) in [6.07, 6.45) is 3.44. The van der Waals surface area contributed by atoms with Gasteiger partial charge in [0, 0.05) is 16.6 Å². The Morgan fingerprint density at radius 2 is 2.36 bits per heavy atom. The first kappa shape index (κ1) is 15.4. The Morgan fingerprint density at radius 1 is 1.50 bits per heavy atom. The van der Waals surface area contributed by atoms with Gasteiger partial charge < -0.3 is 10.6 Å². The Labute approximate surface area is 133 Å². The molecule has 2 N–H and O–H groups in total. The molecule has 0 saturated carbocycles. The van der Waals surface area contributed by atoms with Crippen molar-refractivity contribution >= 4 is 27.3 Å². The molecule has 0 radical (unpaired) electrons. The Bertz CT molecular complexity index is 677. The highest BCUT2D eigenvalue weighted by Gasteiger charge is 2.18. The molecule has 1 amide bonds. The van der Waals surface area contributed by atoms with Gasteiger partial charge in [-0.2, -0.15) is 0 Å². The Kier molecular flexibility index (Phi) is 4.74. The number of piperidine rings is 1. The van der Waals surface area contributed by atoms with E-state index in [4.69, 9.17) is 0 Å². The van der Waals surface area contributed by atoms with E-state index in [1.165, 1.54) is 30.2 Å². The second kappa shape index (κ2) is 6.75. The molecule has 1 unspecified atom stereocenters. The van der Waals surface area contributed by atoms with Crippen molar-refractivity contribution in [1.29, 1.82) is 0 Å². The van der Waals surface area contributed by atoms with Crippen LogP contribution < -0.4 is 10.6 Å². The van der Waals surface area contributed by atoms with Crippen molar-refractivity contribution in [3.8, 4) is 0 Å². The predicted molar refractivity (Wildman–Crippen MR) is 89.1 cm³/mol. The molecular formula is C17H21FN2OS. The molecule has 0 aliphatic carbocycles. The molecule has 1 aliphatic rings. The van der Waals surface area contributed by atoms with Crippen molar-refractivity contribution in [1.82, 2.24) is 10.6 Å². The number of carbonyl (C=O) groups is 1. The van der Waals surface area contributed by atoms with Gasteiger partial charge in [-0.05, 0) is 62.9 Å². The lowest BCUT2D eigenvalue weighted by molar-refractivity contribution is 0.0954. The SMILES string of the molecule is Cc1c(C(=O)NCCC2CCCNC2)sc2cccc(F)c12. The highest BCUT2D eigenvalue weighted by Crippen LogP contribution is 2.32. The minimum absolute atomic E-state index is 0.0816. The maximum Gasteiger partial charge on any atom is 0.261 e. The van der Waals surface area contributed by atoms with Crippen LogP contribution in [0.4, 0.5) is 4.39 Å². The second-order valence-corrected chi connectivity index (χ2v) is 6.98. The molecule has 2 aromatic rings. The number of halogens is 1. The maximum atomic E-state index is 13.9. The summed E-state index contributed by atoms with van der Waals surface area (Å²) in [7, 11) is 0. The first-order chi connectivity index (χ1) is 10.7. The number of hydrogen-bond donors (Lipinski definition) is 2. The maximum absolute atomic E-state index is 13.9. The lowest BCUT2D eigenvalue weighted by Crippen LogP contribution is -2.33. The predicted octanol–water partition coefficient (Wildman–Crippen LogP) is 3.47. The molecule has 3 nitrogen and oxygen atoms in total. The fraction of sp³-hybridized carbons (Fsp3) is 0.471. The first-order valence-electron chi connectivity index (χ1n) is 7.83. The van der Waals surface area contributed by atoms with Crippen molar-refractivity contribution in [2.45, 2.75) is 26.2 Å². The fourth-order valence-corrected chi connectivity index (χ4v) is 4.25. The van der Waals surface area contributed by atoms with Crippen LogP contribution in [-0.4, -0.2) is 25.5 Å². The van der Waals surface area contributed by atoms with E-state index in [9.17, 15) is 9.18 Å². The van der Waals surface area contributed by atoms with Crippen LogP contribution in [0.5, 0.6) is 0 Å². The Morgan fingerprint density at radius 3 is 3.09 bits per heavy atom. The number of nitrogens with one attached hydrogen (secondary N) is 2. The zero-order chi connectivity index (χ0) is 15.5. The van der Waals surface area contributed by atoms with Gasteiger partial charge in [-0.15, -0.1) is 11.3 Å². The van der Waals surface area contributed by atoms with Crippen LogP contribution in [0, 0.1) is 18.7 Å². The summed E-state index contributed by atoms with van der Waals surface area (Å²) in [6, 6.07) is 4.99. The van der Waals surface area contributed by atoms with E-state index in [1.807, 2.05) is 13.0 Å². The number of thiophene rings is 1. The lowest BCUT2D eigenvalue weighted by atomic mass is 9.96. The summed E-state index contributed by atoms with van der Waals surface area (Å²) in [5.41, 5.74) is 0.745. The molecule has 2 heterocycles. The molecule has 1 saturated heterocycles. The zero-order valence-electron chi connectivity index (χ0n) is 12.7. The highest BCUT2D eigenvalue weighted by atomic mass is 32.1. The summed E-state index contributed by atoms with van der Waals surface area (Å²) in [4.78, 5) is 13.0. The molecule has 1 aromatic carbocycles. The van der Waals surface area contributed by atoms with Crippen LogP contribution in [0.3, 0.4) is 0 Å². The van der Waals surface area contributed by atoms with Crippen molar-refractivity contribution in [3.63, 3.8) is 0 Å². The van der Waals surface area contributed by atoms with Gasteiger partial charge in [0.05, 0.1) is 4.88 Å². The minimum Gasteiger partial charge on any atom is -0.351 e. The van der Waals surface area contributed by atoms with Gasteiger partial charge in [0.1, 0.15) is 5.82 Å². The summed E-state index contributed by atoms with van der Waals surface area (Å²) in [5.74, 6) is 0.315. The molecular weight excluding hydrogens is 299 g/mol. The smallest absolute Gasteiger partial charge is 0.261 e. The van der Waals surface area contributed by atoms with Crippen molar-refractivity contribution in [2.75, 3.05) is 19.6 Å². The first-order valence-corrected chi connectivity index (χ1v) is 8.65. The number of rotatable bonds is 4. The minimum atomic E-state index is -0.251. The van der Waals surface area contributed by atoms with Crippen LogP contribution in [0.2, 0.25) is 0 Å². The Balaban J connectivity index is 1.65. The second-order valence-electron chi connectivity index (χ2n) is 5.93. The molecule has 1 aliphatic heterocycles. The van der Waals surface area contributed by atoms with E-state index in [0.717, 1.165) is 29.8 Å². The van der Waals surface area contributed by atoms with Gasteiger partial charge in [0.15, 0.2) is 0 Å². The van der Waals surface area contributed by atoms with Crippen LogP contribution in [-0.2, 0) is 0 Å². The van der Waals surface area contributed by atoms with Crippen LogP contribution >= 0.6 is 11.3 Å². The number of carbonyl (C=O) groups excluding carboxylic acids is 1. The molecule has 0 spiro atoms. The molecule has 1 atom stereocenters. The van der Waals surface area contributed by atoms with Gasteiger partial charge in [0.2, 0.25) is 0 Å². The number of fused-ring (bicyclic) bond motifs is 1. The zero-order valence-corrected chi connectivity index (χ0v) is 13.6. The summed E-state index contributed by atoms with van der Waals surface area (Å²) in [5, 5.41) is 6.95. The van der Waals surface area contributed by atoms with E-state index in [0.29, 0.717) is 22.7 Å². The molecule has 5 heteroatoms. The van der Waals surface area contributed by atoms with E-state index >= 15 is 0 Å². The van der Waals surface area contributed by atoms with E-state index < -0.39 is 0 Å². The monoisotopic (exact) mass is 320 g/mol. The van der Waals surface area contributed by atoms with E-state index in [2.05, 4.69) is 10.6 Å². The fourth-order valence-electron chi connectivity index (χ4n) is 3.11. The largest absolute Gasteiger partial charge is 0.351 e. The standard InChI is InChI=1S/C17H21FN2OS/c1-11-15-13(18)5-2-6-14(15)22-16(11)17(21)20-9-7-12-4-3-8-19-10-12/h2,5-6,12,19H,3-4,7-10H2,1H3,(H,20,21). The van der Waals surface area contributed by atoms with Crippen LogP contribution in [0.1, 0.15) is 34.5 Å². The summed E-state index contributed by atoms with van der Waals surface area (Å²) in [6.45, 7) is 4.65.